The van der Waals surface area contributed by atoms with Gasteiger partial charge in [0.1, 0.15) is 12.5 Å². The largest absolute Gasteiger partial charge is 0.326 e. The third-order valence-electron chi connectivity index (χ3n) is 8.87. The SMILES string of the molecule is Cc1c(-c2cc3[nH]c(=O)n(C4CCC(N5CCCC(F)C5)CC4)c3cc2C(C)C)cn2ncnc2c1C. The maximum atomic E-state index is 14.0. The van der Waals surface area contributed by atoms with Gasteiger partial charge in [0, 0.05) is 30.4 Å². The molecule has 1 atom stereocenters. The number of hydrogen-bond donors (Lipinski definition) is 1. The third-order valence-corrected chi connectivity index (χ3v) is 8.87. The van der Waals surface area contributed by atoms with E-state index in [0.717, 1.165) is 72.0 Å². The Morgan fingerprint density at radius 1 is 1.03 bits per heavy atom. The van der Waals surface area contributed by atoms with Gasteiger partial charge in [-0.3, -0.25) is 9.47 Å². The molecule has 2 aliphatic rings. The van der Waals surface area contributed by atoms with Crippen LogP contribution in [-0.2, 0) is 0 Å². The Morgan fingerprint density at radius 2 is 1.78 bits per heavy atom. The predicted molar refractivity (Wildman–Crippen MR) is 145 cm³/mol. The molecule has 1 N–H and O–H groups in total. The van der Waals surface area contributed by atoms with Gasteiger partial charge in [-0.1, -0.05) is 13.8 Å². The summed E-state index contributed by atoms with van der Waals surface area (Å²) in [6.07, 6.45) is 8.53. The number of nitrogens with zero attached hydrogens (tertiary/aromatic N) is 5. The second-order valence-corrected chi connectivity index (χ2v) is 11.4. The Morgan fingerprint density at radius 3 is 2.51 bits per heavy atom. The van der Waals surface area contributed by atoms with Crippen molar-refractivity contribution in [3.05, 3.63) is 51.8 Å². The molecule has 37 heavy (non-hydrogen) atoms. The van der Waals surface area contributed by atoms with Crippen LogP contribution in [0.2, 0.25) is 0 Å². The number of alkyl halides is 1. The first-order chi connectivity index (χ1) is 17.8. The molecular formula is C29H37FN6O. The number of benzene rings is 1. The normalized spacial score (nSPS) is 23.5. The van der Waals surface area contributed by atoms with E-state index in [4.69, 9.17) is 0 Å². The van der Waals surface area contributed by atoms with E-state index < -0.39 is 6.17 Å². The number of fused-ring (bicyclic) bond motifs is 2. The van der Waals surface area contributed by atoms with Gasteiger partial charge in [0.15, 0.2) is 5.65 Å². The van der Waals surface area contributed by atoms with Gasteiger partial charge < -0.3 is 4.98 Å². The molecule has 1 aromatic carbocycles. The van der Waals surface area contributed by atoms with E-state index in [1.54, 1.807) is 6.33 Å². The van der Waals surface area contributed by atoms with Gasteiger partial charge >= 0.3 is 5.69 Å². The van der Waals surface area contributed by atoms with Gasteiger partial charge in [-0.2, -0.15) is 5.10 Å². The first-order valence-corrected chi connectivity index (χ1v) is 13.8. The van der Waals surface area contributed by atoms with Crippen LogP contribution < -0.4 is 5.69 Å². The van der Waals surface area contributed by atoms with Crippen molar-refractivity contribution < 1.29 is 4.39 Å². The Hall–Kier alpha value is -3.00. The summed E-state index contributed by atoms with van der Waals surface area (Å²) in [5.41, 5.74) is 8.44. The highest BCUT2D eigenvalue weighted by Crippen LogP contribution is 2.38. The van der Waals surface area contributed by atoms with Crippen molar-refractivity contribution in [2.24, 2.45) is 0 Å². The molecule has 0 radical (unpaired) electrons. The first kappa shape index (κ1) is 24.3. The van der Waals surface area contributed by atoms with Gasteiger partial charge in [-0.25, -0.2) is 18.7 Å². The molecule has 1 saturated heterocycles. The van der Waals surface area contributed by atoms with Crippen LogP contribution in [0.25, 0.3) is 27.8 Å². The maximum absolute atomic E-state index is 14.0. The number of aryl methyl sites for hydroxylation is 1. The average Bonchev–Trinajstić information content (AvgIpc) is 3.48. The Labute approximate surface area is 216 Å². The maximum Gasteiger partial charge on any atom is 0.326 e. The second-order valence-electron chi connectivity index (χ2n) is 11.4. The van der Waals surface area contributed by atoms with Crippen LogP contribution in [0.4, 0.5) is 4.39 Å². The smallest absolute Gasteiger partial charge is 0.306 e. The number of halogens is 1. The minimum absolute atomic E-state index is 0.0354. The number of piperidine rings is 1. The van der Waals surface area contributed by atoms with E-state index in [1.807, 2.05) is 9.08 Å². The fraction of sp³-hybridized carbons (Fsp3) is 0.552. The highest BCUT2D eigenvalue weighted by molar-refractivity contribution is 5.86. The van der Waals surface area contributed by atoms with Crippen LogP contribution in [0.3, 0.4) is 0 Å². The van der Waals surface area contributed by atoms with E-state index >= 15 is 0 Å². The summed E-state index contributed by atoms with van der Waals surface area (Å²) in [5, 5.41) is 4.39. The lowest BCUT2D eigenvalue weighted by Gasteiger charge is -2.40. The van der Waals surface area contributed by atoms with Crippen LogP contribution in [0.1, 0.15) is 81.0 Å². The monoisotopic (exact) mass is 504 g/mol. The van der Waals surface area contributed by atoms with E-state index in [9.17, 15) is 9.18 Å². The van der Waals surface area contributed by atoms with Crippen molar-refractivity contribution in [3.63, 3.8) is 0 Å². The molecule has 7 nitrogen and oxygen atoms in total. The number of aromatic amines is 1. The van der Waals surface area contributed by atoms with Gasteiger partial charge in [-0.05, 0) is 99.2 Å². The lowest BCUT2D eigenvalue weighted by Crippen LogP contribution is -2.45. The standard InChI is InChI=1S/C29H37FN6O/c1-17(2)23-13-27-26(12-24(23)25-15-35-28(31-16-32-35)19(4)18(25)3)33-29(37)36(27)22-9-7-21(8-10-22)34-11-5-6-20(30)14-34/h12-13,15-17,20-22H,5-11,14H2,1-4H3,(H,33,37). The van der Waals surface area contributed by atoms with Crippen LogP contribution in [0.5, 0.6) is 0 Å². The molecule has 4 aromatic rings. The zero-order valence-electron chi connectivity index (χ0n) is 22.3. The first-order valence-electron chi connectivity index (χ1n) is 13.8. The zero-order chi connectivity index (χ0) is 25.8. The summed E-state index contributed by atoms with van der Waals surface area (Å²) in [5.74, 6) is 0.285. The average molecular weight is 505 g/mol. The third kappa shape index (κ3) is 4.19. The summed E-state index contributed by atoms with van der Waals surface area (Å²) >= 11 is 0. The summed E-state index contributed by atoms with van der Waals surface area (Å²) in [7, 11) is 0. The number of hydrogen-bond acceptors (Lipinski definition) is 4. The van der Waals surface area contributed by atoms with Crippen molar-refractivity contribution in [3.8, 4) is 11.1 Å². The van der Waals surface area contributed by atoms with Crippen molar-refractivity contribution >= 4 is 16.7 Å². The van der Waals surface area contributed by atoms with Crippen molar-refractivity contribution in [2.45, 2.75) is 90.4 Å². The predicted octanol–water partition coefficient (Wildman–Crippen LogP) is 5.70. The second kappa shape index (κ2) is 9.39. The minimum atomic E-state index is -0.691. The van der Waals surface area contributed by atoms with Gasteiger partial charge in [-0.15, -0.1) is 0 Å². The highest BCUT2D eigenvalue weighted by atomic mass is 19.1. The Bertz CT molecular complexity index is 1510. The molecule has 1 unspecified atom stereocenters. The highest BCUT2D eigenvalue weighted by Gasteiger charge is 2.31. The number of nitrogens with one attached hydrogen (secondary N) is 1. The van der Waals surface area contributed by atoms with Crippen LogP contribution in [0, 0.1) is 13.8 Å². The lowest BCUT2D eigenvalue weighted by molar-refractivity contribution is 0.0723. The zero-order valence-corrected chi connectivity index (χ0v) is 22.3. The number of H-pyrrole nitrogens is 1. The number of aromatic nitrogens is 5. The Balaban J connectivity index is 1.37. The molecule has 3 aromatic heterocycles. The molecule has 0 amide bonds. The fourth-order valence-electron chi connectivity index (χ4n) is 6.70. The van der Waals surface area contributed by atoms with Gasteiger partial charge in [0.05, 0.1) is 11.0 Å². The van der Waals surface area contributed by atoms with Crippen molar-refractivity contribution in [2.75, 3.05) is 13.1 Å². The molecule has 1 saturated carbocycles. The summed E-state index contributed by atoms with van der Waals surface area (Å²) in [6, 6.07) is 4.97. The van der Waals surface area contributed by atoms with Crippen LogP contribution >= 0.6 is 0 Å². The molecule has 4 heterocycles. The molecule has 2 fully saturated rings. The molecule has 196 valence electrons. The minimum Gasteiger partial charge on any atom is -0.306 e. The molecule has 0 spiro atoms. The molecule has 6 rings (SSSR count). The van der Waals surface area contributed by atoms with E-state index in [2.05, 4.69) is 66.0 Å². The summed E-state index contributed by atoms with van der Waals surface area (Å²) in [4.78, 5) is 23.2. The summed E-state index contributed by atoms with van der Waals surface area (Å²) in [6.45, 7) is 10.2. The van der Waals surface area contributed by atoms with Crippen LogP contribution in [0.15, 0.2) is 29.5 Å². The fourth-order valence-corrected chi connectivity index (χ4v) is 6.70. The van der Waals surface area contributed by atoms with E-state index in [1.165, 1.54) is 11.1 Å². The van der Waals surface area contributed by atoms with E-state index in [0.29, 0.717) is 19.0 Å². The van der Waals surface area contributed by atoms with Gasteiger partial charge in [0.25, 0.3) is 0 Å². The lowest BCUT2D eigenvalue weighted by atomic mass is 9.88. The van der Waals surface area contributed by atoms with Crippen molar-refractivity contribution in [1.82, 2.24) is 29.0 Å². The Kier molecular flexibility index (Phi) is 6.18. The molecule has 1 aliphatic carbocycles. The number of pyridine rings is 1. The van der Waals surface area contributed by atoms with Gasteiger partial charge in [0.2, 0.25) is 0 Å². The molecular weight excluding hydrogens is 467 g/mol. The quantitative estimate of drug-likeness (QED) is 0.387. The van der Waals surface area contributed by atoms with Crippen molar-refractivity contribution in [1.29, 1.82) is 0 Å². The number of rotatable bonds is 4. The molecule has 0 bridgehead atoms. The van der Waals surface area contributed by atoms with Crippen LogP contribution in [-0.4, -0.2) is 54.4 Å². The van der Waals surface area contributed by atoms with E-state index in [-0.39, 0.29) is 17.6 Å². The number of imidazole rings is 1. The molecule has 8 heteroatoms. The molecule has 1 aliphatic heterocycles. The summed E-state index contributed by atoms with van der Waals surface area (Å²) < 4.78 is 17.8. The number of likely N-dealkylation sites (tertiary alicyclic amines) is 1. The topological polar surface area (TPSA) is 71.2 Å².